The van der Waals surface area contributed by atoms with Crippen LogP contribution in [0, 0.1) is 17.0 Å². The van der Waals surface area contributed by atoms with Crippen LogP contribution in [0.5, 0.6) is 0 Å². The van der Waals surface area contributed by atoms with Gasteiger partial charge in [-0.25, -0.2) is 8.78 Å². The van der Waals surface area contributed by atoms with Gasteiger partial charge in [0.2, 0.25) is 0 Å². The van der Waals surface area contributed by atoms with Crippen LogP contribution in [0.3, 0.4) is 0 Å². The number of halogens is 3. The molecule has 1 aromatic rings. The first kappa shape index (κ1) is 14.3. The summed E-state index contributed by atoms with van der Waals surface area (Å²) in [5.41, 5.74) is 0.861. The van der Waals surface area contributed by atoms with Crippen LogP contribution in [-0.4, -0.2) is 6.04 Å². The number of nitrogens with one attached hydrogen (secondary N) is 1. The topological polar surface area (TPSA) is 12.0 Å². The van der Waals surface area contributed by atoms with E-state index in [0.717, 1.165) is 12.8 Å². The minimum Gasteiger partial charge on any atom is -0.380 e. The van der Waals surface area contributed by atoms with Crippen LogP contribution in [-0.2, 0) is 0 Å². The molecule has 1 spiro atoms. The van der Waals surface area contributed by atoms with E-state index in [-0.39, 0.29) is 22.0 Å². The van der Waals surface area contributed by atoms with Crippen molar-refractivity contribution in [2.75, 3.05) is 5.32 Å². The molecule has 0 amide bonds. The first-order valence-corrected chi connectivity index (χ1v) is 8.28. The summed E-state index contributed by atoms with van der Waals surface area (Å²) < 4.78 is 27.5. The maximum atomic E-state index is 13.8. The Morgan fingerprint density at radius 2 is 1.65 bits per heavy atom. The van der Waals surface area contributed by atoms with Crippen molar-refractivity contribution < 1.29 is 8.78 Å². The van der Waals surface area contributed by atoms with Crippen LogP contribution in [0.1, 0.15) is 51.4 Å². The van der Waals surface area contributed by atoms with Gasteiger partial charge >= 0.3 is 0 Å². The van der Waals surface area contributed by atoms with Gasteiger partial charge in [0.1, 0.15) is 11.6 Å². The monoisotopic (exact) mass is 343 g/mol. The molecule has 0 atom stereocenters. The van der Waals surface area contributed by atoms with E-state index < -0.39 is 5.82 Å². The molecule has 0 aromatic heterocycles. The molecule has 1 aromatic carbocycles. The summed E-state index contributed by atoms with van der Waals surface area (Å²) in [6.45, 7) is 0. The second kappa shape index (κ2) is 5.63. The first-order valence-electron chi connectivity index (χ1n) is 7.49. The van der Waals surface area contributed by atoms with Gasteiger partial charge in [-0.1, -0.05) is 12.8 Å². The molecule has 1 N–H and O–H groups in total. The van der Waals surface area contributed by atoms with Gasteiger partial charge in [0.05, 0.1) is 10.2 Å². The lowest BCUT2D eigenvalue weighted by atomic mass is 9.71. The van der Waals surface area contributed by atoms with Crippen LogP contribution >= 0.6 is 15.9 Å². The number of hydrogen-bond acceptors (Lipinski definition) is 1. The number of rotatable bonds is 2. The molecule has 4 heteroatoms. The Balaban J connectivity index is 1.63. The molecular formula is C16H20BrF2N. The first-order chi connectivity index (χ1) is 9.58. The Labute approximate surface area is 127 Å². The third kappa shape index (κ3) is 2.85. The molecule has 3 rings (SSSR count). The van der Waals surface area contributed by atoms with Gasteiger partial charge in [-0.3, -0.25) is 0 Å². The van der Waals surface area contributed by atoms with Gasteiger partial charge in [-0.05, 0) is 65.9 Å². The molecule has 2 aliphatic carbocycles. The Hall–Kier alpha value is -0.640. The van der Waals surface area contributed by atoms with Crippen molar-refractivity contribution >= 4 is 21.6 Å². The van der Waals surface area contributed by atoms with Crippen LogP contribution < -0.4 is 5.32 Å². The zero-order valence-corrected chi connectivity index (χ0v) is 13.1. The van der Waals surface area contributed by atoms with Crippen molar-refractivity contribution in [2.24, 2.45) is 5.41 Å². The highest BCUT2D eigenvalue weighted by molar-refractivity contribution is 9.10. The molecule has 2 fully saturated rings. The molecule has 110 valence electrons. The van der Waals surface area contributed by atoms with E-state index in [9.17, 15) is 8.78 Å². The van der Waals surface area contributed by atoms with Gasteiger partial charge in [0, 0.05) is 12.1 Å². The Bertz CT molecular complexity index is 487. The highest BCUT2D eigenvalue weighted by Gasteiger charge is 2.37. The van der Waals surface area contributed by atoms with Crippen LogP contribution in [0.25, 0.3) is 0 Å². The molecule has 2 saturated carbocycles. The average Bonchev–Trinajstić information content (AvgIpc) is 2.87. The number of benzene rings is 1. The van der Waals surface area contributed by atoms with E-state index in [2.05, 4.69) is 21.2 Å². The van der Waals surface area contributed by atoms with E-state index in [1.165, 1.54) is 50.7 Å². The molecule has 0 heterocycles. The summed E-state index contributed by atoms with van der Waals surface area (Å²) in [4.78, 5) is 0. The lowest BCUT2D eigenvalue weighted by Gasteiger charge is -2.37. The predicted molar refractivity (Wildman–Crippen MR) is 80.8 cm³/mol. The van der Waals surface area contributed by atoms with Crippen molar-refractivity contribution in [3.8, 4) is 0 Å². The van der Waals surface area contributed by atoms with E-state index >= 15 is 0 Å². The Morgan fingerprint density at radius 3 is 2.30 bits per heavy atom. The van der Waals surface area contributed by atoms with Gasteiger partial charge in [0.25, 0.3) is 0 Å². The minimum absolute atomic E-state index is 0.175. The van der Waals surface area contributed by atoms with Gasteiger partial charge in [0.15, 0.2) is 0 Å². The highest BCUT2D eigenvalue weighted by Crippen LogP contribution is 2.49. The summed E-state index contributed by atoms with van der Waals surface area (Å²) in [5.74, 6) is -0.809. The van der Waals surface area contributed by atoms with Crippen molar-refractivity contribution in [2.45, 2.75) is 57.4 Å². The van der Waals surface area contributed by atoms with Crippen LogP contribution in [0.4, 0.5) is 14.5 Å². The summed E-state index contributed by atoms with van der Waals surface area (Å²) in [6, 6.07) is 2.72. The highest BCUT2D eigenvalue weighted by atomic mass is 79.9. The number of anilines is 1. The zero-order chi connectivity index (χ0) is 14.2. The second-order valence-corrected chi connectivity index (χ2v) is 7.23. The summed E-state index contributed by atoms with van der Waals surface area (Å²) in [6.07, 6.45) is 10.0. The van der Waals surface area contributed by atoms with E-state index in [0.29, 0.717) is 5.41 Å². The van der Waals surface area contributed by atoms with Gasteiger partial charge in [-0.15, -0.1) is 0 Å². The fourth-order valence-electron chi connectivity index (χ4n) is 3.85. The maximum Gasteiger partial charge on any atom is 0.147 e. The molecule has 20 heavy (non-hydrogen) atoms. The normalized spacial score (nSPS) is 22.4. The third-order valence-corrected chi connectivity index (χ3v) is 5.69. The molecule has 0 radical (unpaired) electrons. The van der Waals surface area contributed by atoms with Gasteiger partial charge in [-0.2, -0.15) is 0 Å². The lowest BCUT2D eigenvalue weighted by Crippen LogP contribution is -2.32. The number of hydrogen-bond donors (Lipinski definition) is 1. The maximum absolute atomic E-state index is 13.8. The standard InChI is InChI=1S/C16H20BrF2N/c17-12-9-14(19)15(10-13(12)18)20-11-3-7-16(8-4-11)5-1-2-6-16/h9-11,20H,1-8H2. The molecule has 0 saturated heterocycles. The average molecular weight is 344 g/mol. The van der Waals surface area contributed by atoms with Crippen molar-refractivity contribution in [1.82, 2.24) is 0 Å². The SMILES string of the molecule is Fc1cc(NC2CCC3(CCCC3)CC2)c(F)cc1Br. The fraction of sp³-hybridized carbons (Fsp3) is 0.625. The van der Waals surface area contributed by atoms with E-state index in [1.807, 2.05) is 0 Å². The van der Waals surface area contributed by atoms with Crippen molar-refractivity contribution in [3.05, 3.63) is 28.2 Å². The smallest absolute Gasteiger partial charge is 0.147 e. The summed E-state index contributed by atoms with van der Waals surface area (Å²) in [7, 11) is 0. The summed E-state index contributed by atoms with van der Waals surface area (Å²) >= 11 is 3.00. The lowest BCUT2D eigenvalue weighted by molar-refractivity contribution is 0.188. The van der Waals surface area contributed by atoms with Crippen LogP contribution in [0.15, 0.2) is 16.6 Å². The Morgan fingerprint density at radius 1 is 1.00 bits per heavy atom. The molecular weight excluding hydrogens is 324 g/mol. The van der Waals surface area contributed by atoms with Crippen LogP contribution in [0.2, 0.25) is 0 Å². The predicted octanol–water partition coefficient (Wildman–Crippen LogP) is 5.64. The molecule has 2 aliphatic rings. The zero-order valence-electron chi connectivity index (χ0n) is 11.5. The quantitative estimate of drug-likeness (QED) is 0.685. The Kier molecular flexibility index (Phi) is 4.02. The van der Waals surface area contributed by atoms with Crippen molar-refractivity contribution in [3.63, 3.8) is 0 Å². The minimum atomic E-state index is -0.419. The second-order valence-electron chi connectivity index (χ2n) is 6.37. The molecule has 0 unspecified atom stereocenters. The van der Waals surface area contributed by atoms with Crippen molar-refractivity contribution in [1.29, 1.82) is 0 Å². The molecule has 0 aliphatic heterocycles. The summed E-state index contributed by atoms with van der Waals surface area (Å²) in [5, 5.41) is 3.19. The molecule has 0 bridgehead atoms. The van der Waals surface area contributed by atoms with Gasteiger partial charge < -0.3 is 5.32 Å². The van der Waals surface area contributed by atoms with E-state index in [1.54, 1.807) is 0 Å². The fourth-order valence-corrected chi connectivity index (χ4v) is 4.17. The third-order valence-electron chi connectivity index (χ3n) is 5.08. The largest absolute Gasteiger partial charge is 0.380 e. The molecule has 1 nitrogen and oxygen atoms in total. The van der Waals surface area contributed by atoms with E-state index in [4.69, 9.17) is 0 Å².